The summed E-state index contributed by atoms with van der Waals surface area (Å²) in [5, 5.41) is 17.9. The summed E-state index contributed by atoms with van der Waals surface area (Å²) in [5.74, 6) is -2.35. The van der Waals surface area contributed by atoms with Gasteiger partial charge < -0.3 is 15.7 Å². The summed E-state index contributed by atoms with van der Waals surface area (Å²) in [6.45, 7) is 2.69. The van der Waals surface area contributed by atoms with Crippen LogP contribution in [0.25, 0.3) is 0 Å². The molecule has 1 aliphatic heterocycles. The van der Waals surface area contributed by atoms with E-state index in [0.717, 1.165) is 24.3 Å². The minimum atomic E-state index is -5.08. The van der Waals surface area contributed by atoms with Crippen molar-refractivity contribution in [3.8, 4) is 0 Å². The Morgan fingerprint density at radius 1 is 1.15 bits per heavy atom. The Hall–Kier alpha value is -3.66. The normalized spacial score (nSPS) is 15.7. The molecule has 4 rings (SSSR count). The van der Waals surface area contributed by atoms with Crippen LogP contribution in [0.2, 0.25) is 0 Å². The maximum Gasteiger partial charge on any atom is 0.490 e. The summed E-state index contributed by atoms with van der Waals surface area (Å²) in [6.07, 6.45) is 0.944. The summed E-state index contributed by atoms with van der Waals surface area (Å²) >= 11 is 0. The number of nitrogens with one attached hydrogen (secondary N) is 2. The molecule has 1 aromatic heterocycles. The van der Waals surface area contributed by atoms with Gasteiger partial charge in [0, 0.05) is 30.2 Å². The molecule has 3 N–H and O–H groups in total. The Balaban J connectivity index is 0.000000406. The Morgan fingerprint density at radius 3 is 2.56 bits per heavy atom. The molecule has 34 heavy (non-hydrogen) atoms. The molecule has 0 spiro atoms. The van der Waals surface area contributed by atoms with E-state index in [0.29, 0.717) is 18.0 Å². The first-order valence-electron chi connectivity index (χ1n) is 10.7. The van der Waals surface area contributed by atoms with E-state index in [1.165, 1.54) is 18.4 Å². The van der Waals surface area contributed by atoms with Crippen LogP contribution in [0, 0.1) is 0 Å². The van der Waals surface area contributed by atoms with E-state index in [4.69, 9.17) is 9.90 Å². The van der Waals surface area contributed by atoms with Gasteiger partial charge in [-0.1, -0.05) is 30.3 Å². The highest BCUT2D eigenvalue weighted by Crippen LogP contribution is 2.24. The predicted molar refractivity (Wildman–Crippen MR) is 121 cm³/mol. The fraction of sp³-hybridized carbons (Fsp3) is 0.292. The van der Waals surface area contributed by atoms with Crippen molar-refractivity contribution in [1.82, 2.24) is 15.1 Å². The molecule has 1 fully saturated rings. The highest BCUT2D eigenvalue weighted by atomic mass is 19.4. The molecule has 0 saturated carbocycles. The van der Waals surface area contributed by atoms with Crippen LogP contribution < -0.4 is 10.6 Å². The molecule has 1 amide bonds. The number of benzene rings is 2. The maximum absolute atomic E-state index is 12.9. The molecule has 2 aromatic carbocycles. The number of halogens is 3. The Kier molecular flexibility index (Phi) is 8.42. The van der Waals surface area contributed by atoms with Gasteiger partial charge in [-0.25, -0.2) is 4.79 Å². The number of rotatable bonds is 5. The van der Waals surface area contributed by atoms with Crippen molar-refractivity contribution in [2.24, 2.45) is 0 Å². The molecule has 1 aliphatic rings. The molecule has 0 aliphatic carbocycles. The van der Waals surface area contributed by atoms with Crippen LogP contribution in [-0.4, -0.2) is 46.0 Å². The number of carbonyl (C=O) groups excluding carboxylic acids is 1. The van der Waals surface area contributed by atoms with Gasteiger partial charge in [0.2, 0.25) is 0 Å². The van der Waals surface area contributed by atoms with Crippen LogP contribution >= 0.6 is 0 Å². The van der Waals surface area contributed by atoms with E-state index in [1.54, 1.807) is 6.20 Å². The molecule has 10 heteroatoms. The van der Waals surface area contributed by atoms with Crippen LogP contribution in [0.5, 0.6) is 0 Å². The molecule has 1 saturated heterocycles. The van der Waals surface area contributed by atoms with Crippen LogP contribution in [0.1, 0.15) is 40.2 Å². The number of carboxylic acid groups (broad SMARTS) is 1. The van der Waals surface area contributed by atoms with Crippen molar-refractivity contribution in [3.63, 3.8) is 0 Å². The second-order valence-corrected chi connectivity index (χ2v) is 7.79. The number of aromatic nitrogens is 2. The summed E-state index contributed by atoms with van der Waals surface area (Å²) in [4.78, 5) is 21.8. The zero-order valence-corrected chi connectivity index (χ0v) is 18.3. The minimum absolute atomic E-state index is 0.0754. The molecular weight excluding hydrogens is 449 g/mol. The van der Waals surface area contributed by atoms with Crippen LogP contribution in [-0.2, 0) is 11.3 Å². The number of nitrogens with zero attached hydrogens (tertiary/aromatic N) is 2. The van der Waals surface area contributed by atoms with Crippen molar-refractivity contribution in [1.29, 1.82) is 0 Å². The van der Waals surface area contributed by atoms with E-state index < -0.39 is 12.1 Å². The predicted octanol–water partition coefficient (Wildman–Crippen LogP) is 4.28. The lowest BCUT2D eigenvalue weighted by Gasteiger charge is -2.23. The van der Waals surface area contributed by atoms with Gasteiger partial charge in [-0.2, -0.15) is 18.3 Å². The van der Waals surface area contributed by atoms with Crippen molar-refractivity contribution in [3.05, 3.63) is 83.7 Å². The van der Waals surface area contributed by atoms with Crippen LogP contribution in [0.3, 0.4) is 0 Å². The Labute approximate surface area is 194 Å². The number of anilines is 1. The third-order valence-corrected chi connectivity index (χ3v) is 5.32. The van der Waals surface area contributed by atoms with E-state index in [-0.39, 0.29) is 5.91 Å². The van der Waals surface area contributed by atoms with Gasteiger partial charge in [0.1, 0.15) is 0 Å². The average molecular weight is 474 g/mol. The number of alkyl halides is 3. The van der Waals surface area contributed by atoms with Gasteiger partial charge in [-0.15, -0.1) is 0 Å². The van der Waals surface area contributed by atoms with Crippen molar-refractivity contribution in [2.45, 2.75) is 31.5 Å². The highest BCUT2D eigenvalue weighted by molar-refractivity contribution is 6.04. The topological polar surface area (TPSA) is 96.3 Å². The lowest BCUT2D eigenvalue weighted by Crippen LogP contribution is -2.28. The summed E-state index contributed by atoms with van der Waals surface area (Å²) in [5.41, 5.74) is 3.79. The van der Waals surface area contributed by atoms with Gasteiger partial charge in [-0.05, 0) is 60.7 Å². The first-order valence-corrected chi connectivity index (χ1v) is 10.7. The standard InChI is InChI=1S/C22H24N4O.C2HF3O2/c27-22(18-8-3-7-17(14-18)19-9-4-11-23-15-19)25-21-10-2-1-6-20(21)16-26-13-5-12-24-26;3-2(4,5)1(6)7/h1-3,5-8,10,12-14,19,23H,4,9,11,15-16H2,(H,25,27);(H,6,7). The molecule has 7 nitrogen and oxygen atoms in total. The largest absolute Gasteiger partial charge is 0.490 e. The smallest absolute Gasteiger partial charge is 0.475 e. The monoisotopic (exact) mass is 474 g/mol. The van der Waals surface area contributed by atoms with E-state index in [9.17, 15) is 18.0 Å². The molecule has 3 aromatic rings. The minimum Gasteiger partial charge on any atom is -0.475 e. The lowest BCUT2D eigenvalue weighted by atomic mass is 9.90. The van der Waals surface area contributed by atoms with E-state index in [2.05, 4.69) is 21.8 Å². The molecule has 1 unspecified atom stereocenters. The third-order valence-electron chi connectivity index (χ3n) is 5.32. The van der Waals surface area contributed by atoms with E-state index in [1.807, 2.05) is 59.4 Å². The average Bonchev–Trinajstić information content (AvgIpc) is 3.34. The molecule has 1 atom stereocenters. The van der Waals surface area contributed by atoms with Gasteiger partial charge in [-0.3, -0.25) is 9.48 Å². The number of carboxylic acids is 1. The molecule has 0 radical (unpaired) electrons. The number of aliphatic carboxylic acids is 1. The van der Waals surface area contributed by atoms with Crippen LogP contribution in [0.15, 0.2) is 67.0 Å². The lowest BCUT2D eigenvalue weighted by molar-refractivity contribution is -0.192. The van der Waals surface area contributed by atoms with Crippen molar-refractivity contribution >= 4 is 17.6 Å². The highest BCUT2D eigenvalue weighted by Gasteiger charge is 2.38. The second-order valence-electron chi connectivity index (χ2n) is 7.79. The molecular formula is C24H25F3N4O3. The first kappa shape index (κ1) is 25.0. The van der Waals surface area contributed by atoms with E-state index >= 15 is 0 Å². The fourth-order valence-electron chi connectivity index (χ4n) is 3.61. The quantitative estimate of drug-likeness (QED) is 0.513. The van der Waals surface area contributed by atoms with Crippen molar-refractivity contribution < 1.29 is 27.9 Å². The zero-order valence-electron chi connectivity index (χ0n) is 18.3. The number of amides is 1. The maximum atomic E-state index is 12.9. The van der Waals surface area contributed by atoms with Crippen LogP contribution in [0.4, 0.5) is 18.9 Å². The summed E-state index contributed by atoms with van der Waals surface area (Å²) < 4.78 is 33.6. The SMILES string of the molecule is O=C(Nc1ccccc1Cn1cccn1)c1cccc(C2CCCNC2)c1.O=C(O)C(F)(F)F. The van der Waals surface area contributed by atoms with Gasteiger partial charge in [0.05, 0.1) is 6.54 Å². The number of carbonyl (C=O) groups is 2. The molecule has 2 heterocycles. The number of piperidine rings is 1. The number of hydrogen-bond acceptors (Lipinski definition) is 4. The molecule has 180 valence electrons. The molecule has 0 bridgehead atoms. The van der Waals surface area contributed by atoms with Gasteiger partial charge in [0.25, 0.3) is 5.91 Å². The zero-order chi connectivity index (χ0) is 24.6. The van der Waals surface area contributed by atoms with Gasteiger partial charge in [0.15, 0.2) is 0 Å². The number of para-hydroxylation sites is 1. The summed E-state index contributed by atoms with van der Waals surface area (Å²) in [7, 11) is 0. The Morgan fingerprint density at radius 2 is 1.91 bits per heavy atom. The fourth-order valence-corrected chi connectivity index (χ4v) is 3.61. The third kappa shape index (κ3) is 7.17. The van der Waals surface area contributed by atoms with Gasteiger partial charge >= 0.3 is 12.1 Å². The Bertz CT molecular complexity index is 1090. The second kappa shape index (κ2) is 11.5. The van der Waals surface area contributed by atoms with Crippen molar-refractivity contribution in [2.75, 3.05) is 18.4 Å². The first-order chi connectivity index (χ1) is 16.2. The summed E-state index contributed by atoms with van der Waals surface area (Å²) in [6, 6.07) is 17.8. The number of hydrogen-bond donors (Lipinski definition) is 3.